The van der Waals surface area contributed by atoms with E-state index < -0.39 is 6.23 Å². The van der Waals surface area contributed by atoms with Gasteiger partial charge in [0.25, 0.3) is 0 Å². The van der Waals surface area contributed by atoms with Gasteiger partial charge in [-0.1, -0.05) is 26.0 Å². The Hall–Kier alpha value is -1.06. The van der Waals surface area contributed by atoms with Crippen molar-refractivity contribution in [3.63, 3.8) is 0 Å². The molecule has 0 aromatic heterocycles. The molecule has 3 heteroatoms. The number of phenolic OH excluding ortho intramolecular Hbond substituents is 1. The van der Waals surface area contributed by atoms with Crippen molar-refractivity contribution in [1.82, 2.24) is 4.90 Å². The summed E-state index contributed by atoms with van der Waals surface area (Å²) in [5, 5.41) is 19.2. The van der Waals surface area contributed by atoms with Crippen LogP contribution >= 0.6 is 0 Å². The second-order valence-electron chi connectivity index (χ2n) is 3.19. The minimum atomic E-state index is -0.628. The zero-order chi connectivity index (χ0) is 10.6. The van der Waals surface area contributed by atoms with Crippen molar-refractivity contribution >= 4 is 0 Å². The molecule has 1 atom stereocenters. The maximum absolute atomic E-state index is 9.92. The van der Waals surface area contributed by atoms with Gasteiger partial charge in [0.1, 0.15) is 12.0 Å². The number of aliphatic hydroxyl groups excluding tert-OH is 1. The quantitative estimate of drug-likeness (QED) is 0.719. The summed E-state index contributed by atoms with van der Waals surface area (Å²) in [4.78, 5) is 1.91. The molecule has 0 fully saturated rings. The molecule has 14 heavy (non-hydrogen) atoms. The maximum atomic E-state index is 9.92. The van der Waals surface area contributed by atoms with E-state index in [0.717, 1.165) is 18.7 Å². The number of hydrogen-bond acceptors (Lipinski definition) is 3. The molecule has 0 heterocycles. The Balaban J connectivity index is 2.82. The van der Waals surface area contributed by atoms with Crippen molar-refractivity contribution in [1.29, 1.82) is 0 Å². The highest BCUT2D eigenvalue weighted by atomic mass is 16.3. The second-order valence-corrected chi connectivity index (χ2v) is 3.19. The minimum absolute atomic E-state index is 0.189. The van der Waals surface area contributed by atoms with Crippen molar-refractivity contribution < 1.29 is 10.2 Å². The van der Waals surface area contributed by atoms with Crippen molar-refractivity contribution in [2.75, 3.05) is 13.1 Å². The van der Waals surface area contributed by atoms with E-state index in [1.807, 2.05) is 24.8 Å². The second kappa shape index (κ2) is 4.98. The SMILES string of the molecule is CCN(CC)C(O)c1cccc(O)c1. The third-order valence-corrected chi connectivity index (χ3v) is 2.33. The van der Waals surface area contributed by atoms with E-state index in [2.05, 4.69) is 0 Å². The molecule has 78 valence electrons. The van der Waals surface area contributed by atoms with Crippen LogP contribution < -0.4 is 0 Å². The Morgan fingerprint density at radius 2 is 1.93 bits per heavy atom. The predicted octanol–water partition coefficient (Wildman–Crippen LogP) is 1.72. The molecule has 0 saturated carbocycles. The highest BCUT2D eigenvalue weighted by Gasteiger charge is 2.13. The van der Waals surface area contributed by atoms with E-state index in [1.165, 1.54) is 0 Å². The lowest BCUT2D eigenvalue weighted by molar-refractivity contribution is 0.00888. The summed E-state index contributed by atoms with van der Waals surface area (Å²) in [5.41, 5.74) is 0.730. The molecule has 0 saturated heterocycles. The fourth-order valence-corrected chi connectivity index (χ4v) is 1.47. The van der Waals surface area contributed by atoms with E-state index in [1.54, 1.807) is 18.2 Å². The van der Waals surface area contributed by atoms with E-state index >= 15 is 0 Å². The molecule has 3 nitrogen and oxygen atoms in total. The summed E-state index contributed by atoms with van der Waals surface area (Å²) in [6, 6.07) is 6.72. The van der Waals surface area contributed by atoms with Crippen LogP contribution in [0.3, 0.4) is 0 Å². The van der Waals surface area contributed by atoms with Gasteiger partial charge in [-0.15, -0.1) is 0 Å². The third kappa shape index (κ3) is 2.47. The first-order valence-electron chi connectivity index (χ1n) is 4.90. The average Bonchev–Trinajstić information content (AvgIpc) is 2.19. The van der Waals surface area contributed by atoms with Crippen LogP contribution in [0.2, 0.25) is 0 Å². The first-order chi connectivity index (χ1) is 6.69. The van der Waals surface area contributed by atoms with Gasteiger partial charge in [0, 0.05) is 0 Å². The number of nitrogens with zero attached hydrogens (tertiary/aromatic N) is 1. The summed E-state index contributed by atoms with van der Waals surface area (Å²) < 4.78 is 0. The maximum Gasteiger partial charge on any atom is 0.133 e. The minimum Gasteiger partial charge on any atom is -0.508 e. The molecule has 2 N–H and O–H groups in total. The van der Waals surface area contributed by atoms with Gasteiger partial charge in [-0.3, -0.25) is 4.90 Å². The van der Waals surface area contributed by atoms with E-state index in [0.29, 0.717) is 0 Å². The Morgan fingerprint density at radius 1 is 1.29 bits per heavy atom. The number of aromatic hydroxyl groups is 1. The van der Waals surface area contributed by atoms with Crippen LogP contribution in [-0.4, -0.2) is 28.2 Å². The fraction of sp³-hybridized carbons (Fsp3) is 0.455. The summed E-state index contributed by atoms with van der Waals surface area (Å²) in [6.45, 7) is 5.56. The smallest absolute Gasteiger partial charge is 0.133 e. The highest BCUT2D eigenvalue weighted by molar-refractivity contribution is 5.28. The molecule has 0 aliphatic carbocycles. The number of aliphatic hydroxyl groups is 1. The summed E-state index contributed by atoms with van der Waals surface area (Å²) in [7, 11) is 0. The lowest BCUT2D eigenvalue weighted by atomic mass is 10.1. The zero-order valence-corrected chi connectivity index (χ0v) is 8.64. The van der Waals surface area contributed by atoms with Gasteiger partial charge in [-0.25, -0.2) is 0 Å². The first kappa shape index (κ1) is 11.0. The van der Waals surface area contributed by atoms with Gasteiger partial charge in [0.2, 0.25) is 0 Å². The van der Waals surface area contributed by atoms with Gasteiger partial charge in [0.05, 0.1) is 0 Å². The summed E-state index contributed by atoms with van der Waals surface area (Å²) in [5.74, 6) is 0.189. The van der Waals surface area contributed by atoms with Crippen LogP contribution in [0.15, 0.2) is 24.3 Å². The van der Waals surface area contributed by atoms with Gasteiger partial charge >= 0.3 is 0 Å². The molecule has 0 bridgehead atoms. The molecule has 0 radical (unpaired) electrons. The van der Waals surface area contributed by atoms with Crippen molar-refractivity contribution in [2.24, 2.45) is 0 Å². The number of benzene rings is 1. The molecular formula is C11H17NO2. The average molecular weight is 195 g/mol. The van der Waals surface area contributed by atoms with E-state index in [-0.39, 0.29) is 5.75 Å². The topological polar surface area (TPSA) is 43.7 Å². The monoisotopic (exact) mass is 195 g/mol. The number of rotatable bonds is 4. The fourth-order valence-electron chi connectivity index (χ4n) is 1.47. The van der Waals surface area contributed by atoms with Crippen LogP contribution in [-0.2, 0) is 0 Å². The zero-order valence-electron chi connectivity index (χ0n) is 8.64. The Bertz CT molecular complexity index is 284. The molecule has 1 aromatic carbocycles. The molecule has 0 aliphatic heterocycles. The van der Waals surface area contributed by atoms with Gasteiger partial charge in [0.15, 0.2) is 0 Å². The molecular weight excluding hydrogens is 178 g/mol. The molecule has 1 rings (SSSR count). The lowest BCUT2D eigenvalue weighted by Crippen LogP contribution is -2.28. The van der Waals surface area contributed by atoms with E-state index in [9.17, 15) is 10.2 Å². The van der Waals surface area contributed by atoms with Crippen LogP contribution in [0, 0.1) is 0 Å². The van der Waals surface area contributed by atoms with Crippen LogP contribution in [0.5, 0.6) is 5.75 Å². The molecule has 1 unspecified atom stereocenters. The third-order valence-electron chi connectivity index (χ3n) is 2.33. The van der Waals surface area contributed by atoms with Gasteiger partial charge in [-0.05, 0) is 30.8 Å². The molecule has 0 spiro atoms. The molecule has 0 aliphatic rings. The standard InChI is InChI=1S/C11H17NO2/c1-3-12(4-2)11(14)9-6-5-7-10(13)8-9/h5-8,11,13-14H,3-4H2,1-2H3. The van der Waals surface area contributed by atoms with Crippen molar-refractivity contribution in [2.45, 2.75) is 20.1 Å². The molecule has 1 aromatic rings. The highest BCUT2D eigenvalue weighted by Crippen LogP contribution is 2.20. The van der Waals surface area contributed by atoms with Gasteiger partial charge in [-0.2, -0.15) is 0 Å². The van der Waals surface area contributed by atoms with Crippen LogP contribution in [0.1, 0.15) is 25.6 Å². The van der Waals surface area contributed by atoms with Crippen molar-refractivity contribution in [3.8, 4) is 5.75 Å². The first-order valence-corrected chi connectivity index (χ1v) is 4.90. The Kier molecular flexibility index (Phi) is 3.92. The van der Waals surface area contributed by atoms with Crippen LogP contribution in [0.25, 0.3) is 0 Å². The normalized spacial score (nSPS) is 13.1. The molecule has 0 amide bonds. The van der Waals surface area contributed by atoms with E-state index in [4.69, 9.17) is 0 Å². The number of phenols is 1. The van der Waals surface area contributed by atoms with Gasteiger partial charge < -0.3 is 10.2 Å². The lowest BCUT2D eigenvalue weighted by Gasteiger charge is -2.25. The largest absolute Gasteiger partial charge is 0.508 e. The predicted molar refractivity (Wildman–Crippen MR) is 56.0 cm³/mol. The Labute approximate surface area is 84.6 Å². The van der Waals surface area contributed by atoms with Crippen molar-refractivity contribution in [3.05, 3.63) is 29.8 Å². The van der Waals surface area contributed by atoms with Crippen LogP contribution in [0.4, 0.5) is 0 Å². The summed E-state index contributed by atoms with van der Waals surface area (Å²) in [6.07, 6.45) is -0.628. The number of hydrogen-bond donors (Lipinski definition) is 2. The Morgan fingerprint density at radius 3 is 2.43 bits per heavy atom. The summed E-state index contributed by atoms with van der Waals surface area (Å²) >= 11 is 0.